The number of nitrogens with two attached hydrogens (primary N) is 1. The van der Waals surface area contributed by atoms with Crippen molar-refractivity contribution < 1.29 is 23.4 Å². The first-order valence-corrected chi connectivity index (χ1v) is 12.5. The lowest BCUT2D eigenvalue weighted by Gasteiger charge is -2.11. The molecule has 0 aliphatic rings. The van der Waals surface area contributed by atoms with E-state index < -0.39 is 6.16 Å². The molecule has 0 radical (unpaired) electrons. The molecular weight excluding hydrogens is 516 g/mol. The summed E-state index contributed by atoms with van der Waals surface area (Å²) in [5.41, 5.74) is 9.38. The number of anilines is 1. The number of benzene rings is 2. The van der Waals surface area contributed by atoms with Crippen molar-refractivity contribution in [3.8, 4) is 34.4 Å². The first-order chi connectivity index (χ1) is 17.9. The maximum Gasteiger partial charge on any atom is 0.513 e. The zero-order chi connectivity index (χ0) is 25.9. The van der Waals surface area contributed by atoms with Crippen LogP contribution in [0.25, 0.3) is 33.0 Å². The van der Waals surface area contributed by atoms with Gasteiger partial charge in [0.05, 0.1) is 17.5 Å². The zero-order valence-electron chi connectivity index (χ0n) is 19.9. The molecule has 0 aliphatic carbocycles. The van der Waals surface area contributed by atoms with Crippen molar-refractivity contribution in [3.63, 3.8) is 0 Å². The molecular formula is C26H21ClN4O5S. The number of aromatic nitrogens is 3. The van der Waals surface area contributed by atoms with Gasteiger partial charge in [-0.15, -0.1) is 21.5 Å². The molecule has 188 valence electrons. The number of hydrogen-bond donors (Lipinski definition) is 1. The Labute approximate surface area is 220 Å². The molecule has 0 saturated carbocycles. The van der Waals surface area contributed by atoms with E-state index in [0.717, 1.165) is 22.3 Å². The van der Waals surface area contributed by atoms with Gasteiger partial charge in [-0.3, -0.25) is 0 Å². The van der Waals surface area contributed by atoms with E-state index in [1.807, 2.05) is 42.6 Å². The van der Waals surface area contributed by atoms with Crippen LogP contribution in [0.5, 0.6) is 11.5 Å². The van der Waals surface area contributed by atoms with Crippen molar-refractivity contribution in [1.82, 2.24) is 15.2 Å². The Bertz CT molecular complexity index is 1580. The molecule has 9 nitrogen and oxygen atoms in total. The van der Waals surface area contributed by atoms with Gasteiger partial charge in [0.25, 0.3) is 0 Å². The van der Waals surface area contributed by atoms with Crippen molar-refractivity contribution in [2.75, 3.05) is 12.3 Å². The number of carbonyl (C=O) groups excluding carboxylic acids is 1. The fourth-order valence-electron chi connectivity index (χ4n) is 3.62. The van der Waals surface area contributed by atoms with E-state index >= 15 is 0 Å². The van der Waals surface area contributed by atoms with E-state index in [0.29, 0.717) is 38.5 Å². The van der Waals surface area contributed by atoms with Crippen LogP contribution in [0.1, 0.15) is 18.1 Å². The highest BCUT2D eigenvalue weighted by Gasteiger charge is 2.18. The molecule has 2 aromatic carbocycles. The average Bonchev–Trinajstić information content (AvgIpc) is 3.55. The first kappa shape index (κ1) is 24.5. The number of halogens is 1. The molecule has 0 bridgehead atoms. The van der Waals surface area contributed by atoms with Crippen LogP contribution in [-0.2, 0) is 11.3 Å². The molecule has 0 saturated heterocycles. The smallest absolute Gasteiger partial charge is 0.489 e. The largest absolute Gasteiger partial charge is 0.513 e. The monoisotopic (exact) mass is 536 g/mol. The van der Waals surface area contributed by atoms with Gasteiger partial charge in [-0.05, 0) is 61.2 Å². The average molecular weight is 537 g/mol. The van der Waals surface area contributed by atoms with Crippen LogP contribution in [0.4, 0.5) is 10.6 Å². The number of nitrogen functional groups attached to an aromatic ring is 1. The highest BCUT2D eigenvalue weighted by Crippen LogP contribution is 2.37. The van der Waals surface area contributed by atoms with Gasteiger partial charge in [-0.2, -0.15) is 0 Å². The standard InChI is InChI=1S/C26H21ClN4O5S/c1-3-33-26(32)35-20-11-29-23(28)21-17(13-37-22(20)21)12-34-19-10-16(5-4-14(19)2)25-31-30-24(36-25)15-6-8-18(27)9-7-15/h4-11,13H,3,12H2,1-2H3,(H2,28,29). The third-order valence-corrected chi connectivity index (χ3v) is 6.75. The van der Waals surface area contributed by atoms with Crippen LogP contribution in [-0.4, -0.2) is 27.9 Å². The number of nitrogens with zero attached hydrogens (tertiary/aromatic N) is 3. The van der Waals surface area contributed by atoms with Gasteiger partial charge in [0.15, 0.2) is 5.75 Å². The van der Waals surface area contributed by atoms with Crippen molar-refractivity contribution >= 4 is 45.0 Å². The lowest BCUT2D eigenvalue weighted by Crippen LogP contribution is -2.10. The van der Waals surface area contributed by atoms with Crippen LogP contribution in [0, 0.1) is 6.92 Å². The van der Waals surface area contributed by atoms with Gasteiger partial charge in [-0.1, -0.05) is 17.7 Å². The minimum atomic E-state index is -0.797. The second kappa shape index (κ2) is 10.5. The second-order valence-electron chi connectivity index (χ2n) is 7.95. The zero-order valence-corrected chi connectivity index (χ0v) is 21.4. The fourth-order valence-corrected chi connectivity index (χ4v) is 4.75. The summed E-state index contributed by atoms with van der Waals surface area (Å²) in [5.74, 6) is 2.00. The second-order valence-corrected chi connectivity index (χ2v) is 9.26. The molecule has 5 aromatic rings. The summed E-state index contributed by atoms with van der Waals surface area (Å²) in [6.45, 7) is 4.07. The van der Waals surface area contributed by atoms with Crippen molar-refractivity contribution in [1.29, 1.82) is 0 Å². The van der Waals surface area contributed by atoms with Crippen LogP contribution in [0.15, 0.2) is 58.5 Å². The maximum atomic E-state index is 11.8. The molecule has 0 unspecified atom stereocenters. The number of carbonyl (C=O) groups is 1. The quantitative estimate of drug-likeness (QED) is 0.227. The van der Waals surface area contributed by atoms with E-state index in [-0.39, 0.29) is 19.0 Å². The van der Waals surface area contributed by atoms with E-state index in [1.165, 1.54) is 17.5 Å². The fraction of sp³-hybridized carbons (Fsp3) is 0.154. The summed E-state index contributed by atoms with van der Waals surface area (Å²) in [4.78, 5) is 16.0. The molecule has 3 heterocycles. The Kier molecular flexibility index (Phi) is 6.93. The molecule has 0 fully saturated rings. The van der Waals surface area contributed by atoms with Crippen LogP contribution < -0.4 is 15.2 Å². The molecule has 37 heavy (non-hydrogen) atoms. The van der Waals surface area contributed by atoms with E-state index in [9.17, 15) is 4.79 Å². The van der Waals surface area contributed by atoms with Crippen molar-refractivity contribution in [3.05, 3.63) is 70.2 Å². The number of rotatable bonds is 7. The molecule has 3 aromatic heterocycles. The Morgan fingerprint density at radius 1 is 1.08 bits per heavy atom. The summed E-state index contributed by atoms with van der Waals surface area (Å²) in [6, 6.07) is 12.8. The van der Waals surface area contributed by atoms with Gasteiger partial charge >= 0.3 is 6.16 Å². The number of aryl methyl sites for hydroxylation is 1. The van der Waals surface area contributed by atoms with E-state index in [2.05, 4.69) is 15.2 Å². The lowest BCUT2D eigenvalue weighted by atomic mass is 10.1. The molecule has 5 rings (SSSR count). The number of pyridine rings is 1. The summed E-state index contributed by atoms with van der Waals surface area (Å²) in [7, 11) is 0. The number of thiophene rings is 1. The predicted molar refractivity (Wildman–Crippen MR) is 141 cm³/mol. The number of fused-ring (bicyclic) bond motifs is 1. The van der Waals surface area contributed by atoms with Gasteiger partial charge in [0.2, 0.25) is 11.8 Å². The summed E-state index contributed by atoms with van der Waals surface area (Å²) in [5, 5.41) is 11.5. The van der Waals surface area contributed by atoms with Crippen LogP contribution in [0.2, 0.25) is 5.02 Å². The van der Waals surface area contributed by atoms with Crippen LogP contribution >= 0.6 is 22.9 Å². The molecule has 0 aliphatic heterocycles. The Balaban J connectivity index is 1.37. The Morgan fingerprint density at radius 3 is 2.57 bits per heavy atom. The van der Waals surface area contributed by atoms with Gasteiger partial charge in [0, 0.05) is 27.1 Å². The third kappa shape index (κ3) is 5.20. The molecule has 0 spiro atoms. The highest BCUT2D eigenvalue weighted by atomic mass is 35.5. The predicted octanol–water partition coefficient (Wildman–Crippen LogP) is 6.67. The van der Waals surface area contributed by atoms with Gasteiger partial charge in [-0.25, -0.2) is 9.78 Å². The molecule has 0 amide bonds. The van der Waals surface area contributed by atoms with E-state index in [4.69, 9.17) is 36.0 Å². The van der Waals surface area contributed by atoms with Gasteiger partial charge in [0.1, 0.15) is 18.2 Å². The van der Waals surface area contributed by atoms with Crippen molar-refractivity contribution in [2.24, 2.45) is 0 Å². The first-order valence-electron chi connectivity index (χ1n) is 11.3. The Morgan fingerprint density at radius 2 is 1.81 bits per heavy atom. The maximum absolute atomic E-state index is 11.8. The minimum Gasteiger partial charge on any atom is -0.489 e. The van der Waals surface area contributed by atoms with Crippen LogP contribution in [0.3, 0.4) is 0 Å². The summed E-state index contributed by atoms with van der Waals surface area (Å²) < 4.78 is 22.9. The summed E-state index contributed by atoms with van der Waals surface area (Å²) >= 11 is 7.35. The molecule has 2 N–H and O–H groups in total. The lowest BCUT2D eigenvalue weighted by molar-refractivity contribution is 0.105. The normalized spacial score (nSPS) is 11.0. The molecule has 0 atom stereocenters. The molecule has 11 heteroatoms. The highest BCUT2D eigenvalue weighted by molar-refractivity contribution is 7.17. The SMILES string of the molecule is CCOC(=O)Oc1cnc(N)c2c(COc3cc(-c4nnc(-c5ccc(Cl)cc5)o4)ccc3C)csc12. The minimum absolute atomic E-state index is 0.207. The van der Waals surface area contributed by atoms with E-state index in [1.54, 1.807) is 19.1 Å². The number of ether oxygens (including phenoxy) is 3. The summed E-state index contributed by atoms with van der Waals surface area (Å²) in [6.07, 6.45) is 0.612. The topological polar surface area (TPSA) is 123 Å². The van der Waals surface area contributed by atoms with Gasteiger partial charge < -0.3 is 24.4 Å². The number of hydrogen-bond acceptors (Lipinski definition) is 10. The van der Waals surface area contributed by atoms with Crippen molar-refractivity contribution in [2.45, 2.75) is 20.5 Å². The third-order valence-electron chi connectivity index (χ3n) is 5.46. The Hall–Kier alpha value is -4.15.